The standard InChI is InChI=1S/C21H18FN3O4/c1-24(11-12-5-2-3-7-14(12)22)15-8-4-6-13-18(15)21(29)25(20(13)28)16-9-10-17(26)23-19(16)27/h2-8,16H,9-11H2,1H3,(H,23,26,27). The van der Waals surface area contributed by atoms with Crippen LogP contribution in [0, 0.1) is 5.82 Å². The van der Waals surface area contributed by atoms with Gasteiger partial charge in [0.25, 0.3) is 11.8 Å². The average Bonchev–Trinajstić information content (AvgIpc) is 2.95. The second kappa shape index (κ2) is 7.12. The number of halogens is 1. The van der Waals surface area contributed by atoms with Crippen LogP contribution in [0.4, 0.5) is 10.1 Å². The molecule has 7 nitrogen and oxygen atoms in total. The first-order chi connectivity index (χ1) is 13.9. The van der Waals surface area contributed by atoms with Crippen molar-refractivity contribution in [2.45, 2.75) is 25.4 Å². The van der Waals surface area contributed by atoms with Gasteiger partial charge in [0.05, 0.1) is 16.8 Å². The van der Waals surface area contributed by atoms with Gasteiger partial charge in [-0.2, -0.15) is 0 Å². The van der Waals surface area contributed by atoms with Crippen molar-refractivity contribution in [1.82, 2.24) is 10.2 Å². The van der Waals surface area contributed by atoms with Crippen molar-refractivity contribution < 1.29 is 23.6 Å². The molecule has 2 heterocycles. The molecule has 2 aliphatic rings. The summed E-state index contributed by atoms with van der Waals surface area (Å²) in [6.07, 6.45) is 0.153. The van der Waals surface area contributed by atoms with E-state index in [1.807, 2.05) is 0 Å². The Morgan fingerprint density at radius 2 is 1.83 bits per heavy atom. The molecule has 0 spiro atoms. The number of nitrogens with one attached hydrogen (secondary N) is 1. The van der Waals surface area contributed by atoms with Crippen molar-refractivity contribution >= 4 is 29.3 Å². The first-order valence-corrected chi connectivity index (χ1v) is 9.17. The molecular weight excluding hydrogens is 377 g/mol. The van der Waals surface area contributed by atoms with E-state index in [-0.39, 0.29) is 36.3 Å². The Labute approximate surface area is 166 Å². The summed E-state index contributed by atoms with van der Waals surface area (Å²) in [5.41, 5.74) is 1.30. The number of nitrogens with zero attached hydrogens (tertiary/aromatic N) is 2. The molecule has 1 N–H and O–H groups in total. The van der Waals surface area contributed by atoms with Crippen molar-refractivity contribution in [2.75, 3.05) is 11.9 Å². The minimum atomic E-state index is -1.02. The number of piperidine rings is 1. The Kier molecular flexibility index (Phi) is 4.62. The number of hydrogen-bond donors (Lipinski definition) is 1. The first-order valence-electron chi connectivity index (χ1n) is 9.17. The molecule has 1 atom stereocenters. The van der Waals surface area contributed by atoms with Crippen molar-refractivity contribution in [3.8, 4) is 0 Å². The predicted molar refractivity (Wildman–Crippen MR) is 102 cm³/mol. The summed E-state index contributed by atoms with van der Waals surface area (Å²) in [5, 5.41) is 2.17. The summed E-state index contributed by atoms with van der Waals surface area (Å²) in [6, 6.07) is 10.2. The van der Waals surface area contributed by atoms with Gasteiger partial charge in [-0.3, -0.25) is 29.4 Å². The van der Waals surface area contributed by atoms with Crippen molar-refractivity contribution in [2.24, 2.45) is 0 Å². The molecule has 0 aromatic heterocycles. The molecule has 1 saturated heterocycles. The molecule has 4 amide bonds. The van der Waals surface area contributed by atoms with Crippen LogP contribution in [0.2, 0.25) is 0 Å². The lowest BCUT2D eigenvalue weighted by Crippen LogP contribution is -2.54. The maximum atomic E-state index is 14.0. The predicted octanol–water partition coefficient (Wildman–Crippen LogP) is 1.86. The van der Waals surface area contributed by atoms with E-state index in [1.165, 1.54) is 12.1 Å². The van der Waals surface area contributed by atoms with Gasteiger partial charge in [-0.15, -0.1) is 0 Å². The quantitative estimate of drug-likeness (QED) is 0.799. The lowest BCUT2D eigenvalue weighted by Gasteiger charge is -2.28. The highest BCUT2D eigenvalue weighted by Crippen LogP contribution is 2.34. The van der Waals surface area contributed by atoms with Crippen molar-refractivity contribution in [3.05, 3.63) is 65.0 Å². The third kappa shape index (κ3) is 3.16. The summed E-state index contributed by atoms with van der Waals surface area (Å²) < 4.78 is 14.0. The molecule has 1 fully saturated rings. The maximum absolute atomic E-state index is 14.0. The number of benzene rings is 2. The largest absolute Gasteiger partial charge is 0.369 e. The molecule has 0 saturated carbocycles. The van der Waals surface area contributed by atoms with Gasteiger partial charge in [0.1, 0.15) is 11.9 Å². The van der Waals surface area contributed by atoms with Gasteiger partial charge in [-0.1, -0.05) is 24.3 Å². The van der Waals surface area contributed by atoms with Crippen LogP contribution in [0.3, 0.4) is 0 Å². The second-order valence-electron chi connectivity index (χ2n) is 7.09. The monoisotopic (exact) mass is 395 g/mol. The molecule has 4 rings (SSSR count). The van der Waals surface area contributed by atoms with Crippen molar-refractivity contribution in [3.63, 3.8) is 0 Å². The average molecular weight is 395 g/mol. The molecular formula is C21H18FN3O4. The summed E-state index contributed by atoms with van der Waals surface area (Å²) in [6.45, 7) is 0.197. The molecule has 2 aromatic carbocycles. The van der Waals surface area contributed by atoms with Crippen LogP contribution in [0.1, 0.15) is 39.1 Å². The molecule has 0 bridgehead atoms. The molecule has 29 heavy (non-hydrogen) atoms. The Morgan fingerprint density at radius 1 is 1.07 bits per heavy atom. The van der Waals surface area contributed by atoms with E-state index in [0.29, 0.717) is 11.3 Å². The lowest BCUT2D eigenvalue weighted by atomic mass is 10.0. The molecule has 8 heteroatoms. The molecule has 1 unspecified atom stereocenters. The molecule has 148 valence electrons. The van der Waals surface area contributed by atoms with Crippen LogP contribution in [-0.4, -0.2) is 41.6 Å². The Bertz CT molecular complexity index is 1050. The van der Waals surface area contributed by atoms with E-state index in [1.54, 1.807) is 42.3 Å². The van der Waals surface area contributed by atoms with E-state index in [2.05, 4.69) is 5.32 Å². The Morgan fingerprint density at radius 3 is 2.55 bits per heavy atom. The van der Waals surface area contributed by atoms with Crippen LogP contribution < -0.4 is 10.2 Å². The van der Waals surface area contributed by atoms with Gasteiger partial charge in [-0.25, -0.2) is 4.39 Å². The highest BCUT2D eigenvalue weighted by molar-refractivity contribution is 6.25. The van der Waals surface area contributed by atoms with Crippen molar-refractivity contribution in [1.29, 1.82) is 0 Å². The molecule has 0 radical (unpaired) electrons. The third-order valence-corrected chi connectivity index (χ3v) is 5.22. The molecule has 0 aliphatic carbocycles. The highest BCUT2D eigenvalue weighted by atomic mass is 19.1. The van der Waals surface area contributed by atoms with E-state index in [9.17, 15) is 23.6 Å². The summed E-state index contributed by atoms with van der Waals surface area (Å²) in [5.74, 6) is -2.60. The smallest absolute Gasteiger partial charge is 0.264 e. The second-order valence-corrected chi connectivity index (χ2v) is 7.09. The number of imide groups is 2. The van der Waals surface area contributed by atoms with Gasteiger partial charge in [0, 0.05) is 25.6 Å². The number of amides is 4. The zero-order valence-corrected chi connectivity index (χ0v) is 15.6. The van der Waals surface area contributed by atoms with Gasteiger partial charge >= 0.3 is 0 Å². The van der Waals surface area contributed by atoms with Gasteiger partial charge in [-0.05, 0) is 24.6 Å². The zero-order chi connectivity index (χ0) is 20.7. The fraction of sp³-hybridized carbons (Fsp3) is 0.238. The van der Waals surface area contributed by atoms with E-state index in [0.717, 1.165) is 4.90 Å². The number of carbonyl (C=O) groups excluding carboxylic acids is 4. The Hall–Kier alpha value is -3.55. The van der Waals surface area contributed by atoms with Gasteiger partial charge in [0.2, 0.25) is 11.8 Å². The summed E-state index contributed by atoms with van der Waals surface area (Å²) >= 11 is 0. The zero-order valence-electron chi connectivity index (χ0n) is 15.6. The minimum Gasteiger partial charge on any atom is -0.369 e. The normalized spacial score (nSPS) is 18.7. The number of carbonyl (C=O) groups is 4. The third-order valence-electron chi connectivity index (χ3n) is 5.22. The maximum Gasteiger partial charge on any atom is 0.264 e. The van der Waals surface area contributed by atoms with Crippen LogP contribution in [-0.2, 0) is 16.1 Å². The summed E-state index contributed by atoms with van der Waals surface area (Å²) in [7, 11) is 1.70. The van der Waals surface area contributed by atoms with Gasteiger partial charge in [0.15, 0.2) is 0 Å². The highest BCUT2D eigenvalue weighted by Gasteiger charge is 2.45. The first kappa shape index (κ1) is 18.8. The Balaban J connectivity index is 1.67. The SMILES string of the molecule is CN(Cc1ccccc1F)c1cccc2c1C(=O)N(C1CCC(=O)NC1=O)C2=O. The van der Waals surface area contributed by atoms with Crippen LogP contribution in [0.15, 0.2) is 42.5 Å². The number of rotatable bonds is 4. The fourth-order valence-corrected chi connectivity index (χ4v) is 3.78. The lowest BCUT2D eigenvalue weighted by molar-refractivity contribution is -0.136. The van der Waals surface area contributed by atoms with E-state index < -0.39 is 29.7 Å². The van der Waals surface area contributed by atoms with E-state index in [4.69, 9.17) is 0 Å². The number of hydrogen-bond acceptors (Lipinski definition) is 5. The fourth-order valence-electron chi connectivity index (χ4n) is 3.78. The molecule has 2 aliphatic heterocycles. The minimum absolute atomic E-state index is 0.0594. The number of anilines is 1. The van der Waals surface area contributed by atoms with Crippen LogP contribution in [0.25, 0.3) is 0 Å². The topological polar surface area (TPSA) is 86.8 Å². The summed E-state index contributed by atoms with van der Waals surface area (Å²) in [4.78, 5) is 52.2. The van der Waals surface area contributed by atoms with E-state index >= 15 is 0 Å². The van der Waals surface area contributed by atoms with Gasteiger partial charge < -0.3 is 4.90 Å². The van der Waals surface area contributed by atoms with Crippen LogP contribution in [0.5, 0.6) is 0 Å². The molecule has 2 aromatic rings. The number of fused-ring (bicyclic) bond motifs is 1. The van der Waals surface area contributed by atoms with Crippen LogP contribution >= 0.6 is 0 Å².